The van der Waals surface area contributed by atoms with E-state index < -0.39 is 0 Å². The number of hydrogen-bond donors (Lipinski definition) is 1. The Kier molecular flexibility index (Phi) is 3.34. The van der Waals surface area contributed by atoms with Crippen LogP contribution >= 0.6 is 11.3 Å². The van der Waals surface area contributed by atoms with E-state index in [0.29, 0.717) is 0 Å². The molecule has 2 heterocycles. The van der Waals surface area contributed by atoms with Crippen LogP contribution in [0.4, 0.5) is 11.5 Å². The van der Waals surface area contributed by atoms with E-state index in [1.54, 1.807) is 6.33 Å². The third kappa shape index (κ3) is 2.37. The SMILES string of the molecule is Cc1ccc(Nc2ncnc3sc4c(c23)CCC(C)C4)cc1. The summed E-state index contributed by atoms with van der Waals surface area (Å²) in [5.74, 6) is 1.72. The Morgan fingerprint density at radius 1 is 1.18 bits per heavy atom. The molecular weight excluding hydrogens is 290 g/mol. The predicted molar refractivity (Wildman–Crippen MR) is 93.1 cm³/mol. The predicted octanol–water partition coefficient (Wildman–Crippen LogP) is 4.87. The van der Waals surface area contributed by atoms with Crippen LogP contribution in [0.5, 0.6) is 0 Å². The molecule has 3 nitrogen and oxygen atoms in total. The molecule has 112 valence electrons. The Hall–Kier alpha value is -1.94. The number of benzene rings is 1. The Bertz CT molecular complexity index is 820. The quantitative estimate of drug-likeness (QED) is 0.734. The van der Waals surface area contributed by atoms with Crippen molar-refractivity contribution in [2.75, 3.05) is 5.32 Å². The van der Waals surface area contributed by atoms with E-state index >= 15 is 0 Å². The van der Waals surface area contributed by atoms with Crippen molar-refractivity contribution in [3.8, 4) is 0 Å². The van der Waals surface area contributed by atoms with Gasteiger partial charge in [-0.2, -0.15) is 0 Å². The topological polar surface area (TPSA) is 37.8 Å². The molecule has 22 heavy (non-hydrogen) atoms. The summed E-state index contributed by atoms with van der Waals surface area (Å²) in [6.45, 7) is 4.44. The number of rotatable bonds is 2. The van der Waals surface area contributed by atoms with E-state index in [-0.39, 0.29) is 0 Å². The third-order valence-corrected chi connectivity index (χ3v) is 5.57. The van der Waals surface area contributed by atoms with Gasteiger partial charge in [-0.3, -0.25) is 0 Å². The second-order valence-electron chi connectivity index (χ2n) is 6.25. The summed E-state index contributed by atoms with van der Waals surface area (Å²) < 4.78 is 0. The lowest BCUT2D eigenvalue weighted by Gasteiger charge is -2.18. The maximum atomic E-state index is 4.51. The summed E-state index contributed by atoms with van der Waals surface area (Å²) in [6.07, 6.45) is 5.26. The fraction of sp³-hybridized carbons (Fsp3) is 0.333. The molecule has 1 unspecified atom stereocenters. The van der Waals surface area contributed by atoms with E-state index in [9.17, 15) is 0 Å². The van der Waals surface area contributed by atoms with Crippen molar-refractivity contribution in [1.29, 1.82) is 0 Å². The van der Waals surface area contributed by atoms with E-state index in [2.05, 4.69) is 53.4 Å². The lowest BCUT2D eigenvalue weighted by atomic mass is 9.89. The average Bonchev–Trinajstić information content (AvgIpc) is 2.88. The molecule has 3 aromatic rings. The first-order valence-electron chi connectivity index (χ1n) is 7.79. The van der Waals surface area contributed by atoms with Crippen LogP contribution in [0.25, 0.3) is 10.2 Å². The zero-order chi connectivity index (χ0) is 15.1. The summed E-state index contributed by atoms with van der Waals surface area (Å²) in [4.78, 5) is 11.6. The Labute approximate surface area is 134 Å². The number of thiophene rings is 1. The second-order valence-corrected chi connectivity index (χ2v) is 7.33. The first-order valence-corrected chi connectivity index (χ1v) is 8.61. The Balaban J connectivity index is 1.79. The number of nitrogens with one attached hydrogen (secondary N) is 1. The van der Waals surface area contributed by atoms with Crippen LogP contribution < -0.4 is 5.32 Å². The van der Waals surface area contributed by atoms with Crippen molar-refractivity contribution >= 4 is 33.1 Å². The molecule has 1 atom stereocenters. The number of nitrogens with zero attached hydrogens (tertiary/aromatic N) is 2. The van der Waals surface area contributed by atoms with Gasteiger partial charge < -0.3 is 5.32 Å². The van der Waals surface area contributed by atoms with Gasteiger partial charge in [0.1, 0.15) is 17.0 Å². The maximum absolute atomic E-state index is 4.51. The highest BCUT2D eigenvalue weighted by atomic mass is 32.1. The summed E-state index contributed by atoms with van der Waals surface area (Å²) in [5.41, 5.74) is 3.81. The minimum Gasteiger partial charge on any atom is -0.340 e. The van der Waals surface area contributed by atoms with Gasteiger partial charge >= 0.3 is 0 Å². The van der Waals surface area contributed by atoms with Gasteiger partial charge in [0.25, 0.3) is 0 Å². The second kappa shape index (κ2) is 5.36. The fourth-order valence-corrected chi connectivity index (χ4v) is 4.49. The fourth-order valence-electron chi connectivity index (χ4n) is 3.14. The first-order chi connectivity index (χ1) is 10.7. The lowest BCUT2D eigenvalue weighted by Crippen LogP contribution is -2.09. The van der Waals surface area contributed by atoms with Crippen LogP contribution in [0.1, 0.15) is 29.3 Å². The van der Waals surface area contributed by atoms with Crippen molar-refractivity contribution in [2.24, 2.45) is 5.92 Å². The standard InChI is InChI=1S/C18H19N3S/c1-11-3-6-13(7-4-11)21-17-16-14-8-5-12(2)9-15(14)22-18(16)20-10-19-17/h3-4,6-7,10,12H,5,8-9H2,1-2H3,(H,19,20,21). The maximum Gasteiger partial charge on any atom is 0.142 e. The monoisotopic (exact) mass is 309 g/mol. The molecule has 0 fully saturated rings. The Morgan fingerprint density at radius 3 is 2.82 bits per heavy atom. The van der Waals surface area contributed by atoms with E-state index in [1.807, 2.05) is 11.3 Å². The third-order valence-electron chi connectivity index (χ3n) is 4.41. The highest BCUT2D eigenvalue weighted by Gasteiger charge is 2.23. The van der Waals surface area contributed by atoms with Crippen LogP contribution in [-0.2, 0) is 12.8 Å². The molecule has 0 aliphatic heterocycles. The van der Waals surface area contributed by atoms with E-state index in [1.165, 1.54) is 34.2 Å². The zero-order valence-corrected chi connectivity index (χ0v) is 13.7. The number of anilines is 2. The van der Waals surface area contributed by atoms with Crippen LogP contribution in [0.2, 0.25) is 0 Å². The summed E-state index contributed by atoms with van der Waals surface area (Å²) in [7, 11) is 0. The largest absolute Gasteiger partial charge is 0.340 e. The molecular formula is C18H19N3S. The van der Waals surface area contributed by atoms with Gasteiger partial charge in [0.2, 0.25) is 0 Å². The average molecular weight is 309 g/mol. The van der Waals surface area contributed by atoms with Crippen molar-refractivity contribution in [2.45, 2.75) is 33.1 Å². The summed E-state index contributed by atoms with van der Waals surface area (Å²) >= 11 is 1.84. The Morgan fingerprint density at radius 2 is 2.00 bits per heavy atom. The van der Waals surface area contributed by atoms with Gasteiger partial charge in [-0.25, -0.2) is 9.97 Å². The van der Waals surface area contributed by atoms with Crippen LogP contribution in [0.15, 0.2) is 30.6 Å². The van der Waals surface area contributed by atoms with Crippen molar-refractivity contribution < 1.29 is 0 Å². The minimum atomic E-state index is 0.780. The van der Waals surface area contributed by atoms with Gasteiger partial charge in [-0.05, 0) is 49.8 Å². The summed E-state index contributed by atoms with van der Waals surface area (Å²) in [5, 5.41) is 4.71. The number of hydrogen-bond acceptors (Lipinski definition) is 4. The highest BCUT2D eigenvalue weighted by Crippen LogP contribution is 2.40. The molecule has 4 rings (SSSR count). The number of aromatic nitrogens is 2. The van der Waals surface area contributed by atoms with Crippen LogP contribution in [0, 0.1) is 12.8 Å². The van der Waals surface area contributed by atoms with Crippen LogP contribution in [-0.4, -0.2) is 9.97 Å². The van der Waals surface area contributed by atoms with Gasteiger partial charge in [-0.15, -0.1) is 11.3 Å². The minimum absolute atomic E-state index is 0.780. The highest BCUT2D eigenvalue weighted by molar-refractivity contribution is 7.19. The zero-order valence-electron chi connectivity index (χ0n) is 12.9. The molecule has 0 bridgehead atoms. The van der Waals surface area contributed by atoms with Crippen molar-refractivity contribution in [1.82, 2.24) is 9.97 Å². The van der Waals surface area contributed by atoms with Gasteiger partial charge in [-0.1, -0.05) is 24.6 Å². The number of aryl methyl sites for hydroxylation is 2. The van der Waals surface area contributed by atoms with E-state index in [4.69, 9.17) is 0 Å². The van der Waals surface area contributed by atoms with Crippen LogP contribution in [0.3, 0.4) is 0 Å². The molecule has 4 heteroatoms. The molecule has 1 aliphatic carbocycles. The van der Waals surface area contributed by atoms with Crippen molar-refractivity contribution in [3.05, 3.63) is 46.6 Å². The summed E-state index contributed by atoms with van der Waals surface area (Å²) in [6, 6.07) is 8.44. The lowest BCUT2D eigenvalue weighted by molar-refractivity contribution is 0.509. The molecule has 0 saturated heterocycles. The molecule has 0 saturated carbocycles. The number of fused-ring (bicyclic) bond motifs is 3. The first kappa shape index (κ1) is 13.7. The molecule has 1 N–H and O–H groups in total. The van der Waals surface area contributed by atoms with Crippen molar-refractivity contribution in [3.63, 3.8) is 0 Å². The molecule has 0 radical (unpaired) electrons. The van der Waals surface area contributed by atoms with Gasteiger partial charge in [0, 0.05) is 10.6 Å². The smallest absolute Gasteiger partial charge is 0.142 e. The normalized spacial score (nSPS) is 17.5. The molecule has 2 aromatic heterocycles. The molecule has 1 aromatic carbocycles. The molecule has 0 spiro atoms. The van der Waals surface area contributed by atoms with Gasteiger partial charge in [0.15, 0.2) is 0 Å². The molecule has 0 amide bonds. The molecule has 1 aliphatic rings. The van der Waals surface area contributed by atoms with Gasteiger partial charge in [0.05, 0.1) is 5.39 Å². The van der Waals surface area contributed by atoms with E-state index in [0.717, 1.165) is 28.7 Å².